The lowest BCUT2D eigenvalue weighted by atomic mass is 10.1. The third kappa shape index (κ3) is 3.46. The summed E-state index contributed by atoms with van der Waals surface area (Å²) in [7, 11) is 0. The maximum Gasteiger partial charge on any atom is 0.254 e. The largest absolute Gasteiger partial charge is 0.352 e. The van der Waals surface area contributed by atoms with E-state index in [0.29, 0.717) is 54.6 Å². The molecule has 2 aliphatic heterocycles. The van der Waals surface area contributed by atoms with Crippen LogP contribution < -0.4 is 10.2 Å². The molecule has 2 aromatic rings. The Bertz CT molecular complexity index is 947. The molecule has 0 aliphatic carbocycles. The summed E-state index contributed by atoms with van der Waals surface area (Å²) in [5, 5.41) is 12.1. The van der Waals surface area contributed by atoms with Crippen LogP contribution in [0.15, 0.2) is 41.4 Å². The van der Waals surface area contributed by atoms with Gasteiger partial charge in [0.25, 0.3) is 5.91 Å². The number of nitrogens with one attached hydrogen (secondary N) is 1. The van der Waals surface area contributed by atoms with Gasteiger partial charge in [-0.25, -0.2) is 4.98 Å². The molecule has 0 bridgehead atoms. The van der Waals surface area contributed by atoms with Crippen molar-refractivity contribution in [2.45, 2.75) is 4.90 Å². The van der Waals surface area contributed by atoms with Crippen LogP contribution in [0.3, 0.4) is 0 Å². The molecule has 7 nitrogen and oxygen atoms in total. The van der Waals surface area contributed by atoms with Crippen molar-refractivity contribution in [1.82, 2.24) is 9.88 Å². The molecule has 27 heavy (non-hydrogen) atoms. The Labute approximate surface area is 161 Å². The fourth-order valence-electron chi connectivity index (χ4n) is 3.26. The topological polar surface area (TPSA) is 89.3 Å². The third-order valence-electron chi connectivity index (χ3n) is 4.63. The Morgan fingerprint density at radius 2 is 2.04 bits per heavy atom. The molecule has 1 fully saturated rings. The first kappa shape index (κ1) is 17.4. The molecule has 8 heteroatoms. The lowest BCUT2D eigenvalue weighted by Crippen LogP contribution is -2.49. The minimum atomic E-state index is -0.0520. The van der Waals surface area contributed by atoms with Gasteiger partial charge in [-0.05, 0) is 30.3 Å². The van der Waals surface area contributed by atoms with Gasteiger partial charge in [0.1, 0.15) is 11.9 Å². The van der Waals surface area contributed by atoms with Crippen LogP contribution in [0.2, 0.25) is 0 Å². The highest BCUT2D eigenvalue weighted by Gasteiger charge is 2.25. The van der Waals surface area contributed by atoms with Crippen molar-refractivity contribution in [1.29, 1.82) is 5.26 Å². The minimum absolute atomic E-state index is 0.0469. The van der Waals surface area contributed by atoms with Crippen molar-refractivity contribution >= 4 is 35.1 Å². The average molecular weight is 379 g/mol. The Hall–Kier alpha value is -3.05. The van der Waals surface area contributed by atoms with Gasteiger partial charge in [-0.1, -0.05) is 0 Å². The zero-order chi connectivity index (χ0) is 18.8. The number of benzene rings is 1. The van der Waals surface area contributed by atoms with Gasteiger partial charge in [0.05, 0.1) is 17.0 Å². The average Bonchev–Trinajstić information content (AvgIpc) is 2.72. The Balaban J connectivity index is 1.45. The molecular weight excluding hydrogens is 362 g/mol. The van der Waals surface area contributed by atoms with Crippen molar-refractivity contribution in [2.75, 3.05) is 42.1 Å². The summed E-state index contributed by atoms with van der Waals surface area (Å²) in [6, 6.07) is 11.1. The zero-order valence-electron chi connectivity index (χ0n) is 14.5. The number of pyridine rings is 1. The lowest BCUT2D eigenvalue weighted by Gasteiger charge is -2.35. The van der Waals surface area contributed by atoms with Crippen LogP contribution in [-0.2, 0) is 4.79 Å². The second-order valence-corrected chi connectivity index (χ2v) is 7.33. The molecule has 1 aromatic carbocycles. The highest BCUT2D eigenvalue weighted by atomic mass is 32.2. The first-order valence-electron chi connectivity index (χ1n) is 8.62. The van der Waals surface area contributed by atoms with Crippen LogP contribution >= 0.6 is 11.8 Å². The van der Waals surface area contributed by atoms with Gasteiger partial charge in [0.15, 0.2) is 0 Å². The summed E-state index contributed by atoms with van der Waals surface area (Å²) >= 11 is 1.48. The van der Waals surface area contributed by atoms with Gasteiger partial charge in [-0.3, -0.25) is 9.59 Å². The first-order chi connectivity index (χ1) is 13.2. The van der Waals surface area contributed by atoms with E-state index in [1.165, 1.54) is 11.8 Å². The molecule has 0 radical (unpaired) electrons. The molecule has 0 atom stereocenters. The number of nitriles is 1. The Morgan fingerprint density at radius 3 is 2.81 bits per heavy atom. The molecule has 0 spiro atoms. The van der Waals surface area contributed by atoms with Crippen molar-refractivity contribution < 1.29 is 9.59 Å². The minimum Gasteiger partial charge on any atom is -0.352 e. The lowest BCUT2D eigenvalue weighted by molar-refractivity contribution is -0.113. The van der Waals surface area contributed by atoms with Gasteiger partial charge in [0.2, 0.25) is 5.91 Å². The fourth-order valence-corrected chi connectivity index (χ4v) is 4.04. The van der Waals surface area contributed by atoms with Crippen molar-refractivity contribution in [3.63, 3.8) is 0 Å². The number of carbonyl (C=O) groups excluding carboxylic acids is 2. The highest BCUT2D eigenvalue weighted by Crippen LogP contribution is 2.32. The SMILES string of the molecule is N#Cc1cccnc1N1CCN(C(=O)c2ccc3c(c2)NC(=O)CS3)CC1. The molecule has 1 N–H and O–H groups in total. The monoisotopic (exact) mass is 379 g/mol. The third-order valence-corrected chi connectivity index (χ3v) is 5.71. The Morgan fingerprint density at radius 1 is 1.22 bits per heavy atom. The molecule has 4 rings (SSSR count). The molecule has 3 heterocycles. The van der Waals surface area contributed by atoms with E-state index >= 15 is 0 Å². The molecule has 0 unspecified atom stereocenters. The first-order valence-corrected chi connectivity index (χ1v) is 9.60. The van der Waals surface area contributed by atoms with E-state index in [9.17, 15) is 14.9 Å². The molecular formula is C19H17N5O2S. The van der Waals surface area contributed by atoms with Crippen molar-refractivity contribution in [2.24, 2.45) is 0 Å². The number of aromatic nitrogens is 1. The maximum atomic E-state index is 12.9. The predicted molar refractivity (Wildman–Crippen MR) is 103 cm³/mol. The number of hydrogen-bond donors (Lipinski definition) is 1. The van der Waals surface area contributed by atoms with E-state index in [1.54, 1.807) is 29.3 Å². The number of hydrogen-bond acceptors (Lipinski definition) is 6. The summed E-state index contributed by atoms with van der Waals surface area (Å²) < 4.78 is 0. The zero-order valence-corrected chi connectivity index (χ0v) is 15.3. The van der Waals surface area contributed by atoms with E-state index in [1.807, 2.05) is 17.0 Å². The Kier molecular flexibility index (Phi) is 4.69. The van der Waals surface area contributed by atoms with Crippen LogP contribution in [-0.4, -0.2) is 53.6 Å². The summed E-state index contributed by atoms with van der Waals surface area (Å²) in [4.78, 5) is 33.5. The summed E-state index contributed by atoms with van der Waals surface area (Å²) in [5.74, 6) is 0.972. The molecule has 1 saturated heterocycles. The fraction of sp³-hybridized carbons (Fsp3) is 0.263. The van der Waals surface area contributed by atoms with Gasteiger partial charge in [-0.15, -0.1) is 11.8 Å². The van der Waals surface area contributed by atoms with E-state index in [2.05, 4.69) is 16.4 Å². The van der Waals surface area contributed by atoms with Crippen LogP contribution in [0.5, 0.6) is 0 Å². The number of piperazine rings is 1. The summed E-state index contributed by atoms with van der Waals surface area (Å²) in [6.45, 7) is 2.35. The molecule has 136 valence electrons. The van der Waals surface area contributed by atoms with Gasteiger partial charge in [0, 0.05) is 42.8 Å². The molecule has 2 aliphatic rings. The standard InChI is InChI=1S/C19H17N5O2S/c20-11-14-2-1-5-21-18(14)23-6-8-24(9-7-23)19(26)13-3-4-16-15(10-13)22-17(25)12-27-16/h1-5,10H,6-9,12H2,(H,22,25). The molecule has 0 saturated carbocycles. The van der Waals surface area contributed by atoms with Crippen LogP contribution in [0.25, 0.3) is 0 Å². The van der Waals surface area contributed by atoms with Gasteiger partial charge >= 0.3 is 0 Å². The van der Waals surface area contributed by atoms with E-state index in [4.69, 9.17) is 0 Å². The van der Waals surface area contributed by atoms with E-state index in [-0.39, 0.29) is 11.8 Å². The molecule has 2 amide bonds. The van der Waals surface area contributed by atoms with E-state index in [0.717, 1.165) is 4.90 Å². The summed E-state index contributed by atoms with van der Waals surface area (Å²) in [5.41, 5.74) is 1.81. The predicted octanol–water partition coefficient (Wildman–Crippen LogP) is 1.96. The van der Waals surface area contributed by atoms with Crippen molar-refractivity contribution in [3.05, 3.63) is 47.7 Å². The number of amides is 2. The quantitative estimate of drug-likeness (QED) is 0.858. The number of carbonyl (C=O) groups is 2. The van der Waals surface area contributed by atoms with Crippen LogP contribution in [0.4, 0.5) is 11.5 Å². The second kappa shape index (κ2) is 7.29. The van der Waals surface area contributed by atoms with E-state index < -0.39 is 0 Å². The number of rotatable bonds is 2. The second-order valence-electron chi connectivity index (χ2n) is 6.31. The van der Waals surface area contributed by atoms with Gasteiger partial charge in [-0.2, -0.15) is 5.26 Å². The summed E-state index contributed by atoms with van der Waals surface area (Å²) in [6.07, 6.45) is 1.67. The number of fused-ring (bicyclic) bond motifs is 1. The highest BCUT2D eigenvalue weighted by molar-refractivity contribution is 8.00. The van der Waals surface area contributed by atoms with Crippen LogP contribution in [0.1, 0.15) is 15.9 Å². The van der Waals surface area contributed by atoms with Crippen LogP contribution in [0, 0.1) is 11.3 Å². The van der Waals surface area contributed by atoms with Gasteiger partial charge < -0.3 is 15.1 Å². The smallest absolute Gasteiger partial charge is 0.254 e. The molecule has 1 aromatic heterocycles. The normalized spacial score (nSPS) is 16.3. The number of anilines is 2. The maximum absolute atomic E-state index is 12.9. The number of nitrogens with zero attached hydrogens (tertiary/aromatic N) is 4. The van der Waals surface area contributed by atoms with Crippen molar-refractivity contribution in [3.8, 4) is 6.07 Å². The number of thioether (sulfide) groups is 1.